The lowest BCUT2D eigenvalue weighted by Crippen LogP contribution is -2.41. The third-order valence-electron chi connectivity index (χ3n) is 3.94. The number of benzene rings is 1. The van der Waals surface area contributed by atoms with Gasteiger partial charge in [0.05, 0.1) is 0 Å². The van der Waals surface area contributed by atoms with E-state index in [1.54, 1.807) is 0 Å². The van der Waals surface area contributed by atoms with Gasteiger partial charge in [0.2, 0.25) is 5.91 Å². The molecule has 1 aromatic carbocycles. The van der Waals surface area contributed by atoms with Crippen molar-refractivity contribution in [2.45, 2.75) is 39.2 Å². The van der Waals surface area contributed by atoms with Crippen molar-refractivity contribution in [1.29, 1.82) is 0 Å². The molecule has 0 radical (unpaired) electrons. The van der Waals surface area contributed by atoms with Gasteiger partial charge in [-0.1, -0.05) is 32.0 Å². The van der Waals surface area contributed by atoms with Crippen molar-refractivity contribution in [3.8, 4) is 0 Å². The number of amides is 1. The molecular formula is C18H24N2O3. The highest BCUT2D eigenvalue weighted by atomic mass is 16.4. The van der Waals surface area contributed by atoms with Gasteiger partial charge in [-0.15, -0.1) is 0 Å². The zero-order chi connectivity index (χ0) is 17.0. The number of hydrogen-bond donors (Lipinski definition) is 2. The molecule has 0 aliphatic rings. The van der Waals surface area contributed by atoms with Crippen LogP contribution in [0.25, 0.3) is 10.9 Å². The van der Waals surface area contributed by atoms with Gasteiger partial charge < -0.3 is 15.0 Å². The average Bonchev–Trinajstić information content (AvgIpc) is 2.81. The number of carboxylic acids is 1. The van der Waals surface area contributed by atoms with E-state index in [2.05, 4.69) is 5.32 Å². The average molecular weight is 316 g/mol. The van der Waals surface area contributed by atoms with Gasteiger partial charge in [0.25, 0.3) is 0 Å². The SMILES string of the molecule is CC(C)C[C@@H](NC(=O)CCc1cn(C)c2ccccc12)C(=O)O. The molecular weight excluding hydrogens is 292 g/mol. The number of fused-ring (bicyclic) bond motifs is 1. The number of carbonyl (C=O) groups is 2. The van der Waals surface area contributed by atoms with Gasteiger partial charge in [-0.25, -0.2) is 4.79 Å². The van der Waals surface area contributed by atoms with Crippen molar-refractivity contribution in [2.75, 3.05) is 0 Å². The second-order valence-corrected chi connectivity index (χ2v) is 6.37. The Morgan fingerprint density at radius 3 is 2.61 bits per heavy atom. The summed E-state index contributed by atoms with van der Waals surface area (Å²) >= 11 is 0. The predicted octanol–water partition coefficient (Wildman–Crippen LogP) is 2.73. The molecule has 1 heterocycles. The number of carbonyl (C=O) groups excluding carboxylic acids is 1. The molecule has 5 nitrogen and oxygen atoms in total. The van der Waals surface area contributed by atoms with Crippen LogP contribution in [0.5, 0.6) is 0 Å². The van der Waals surface area contributed by atoms with Crippen LogP contribution in [0.15, 0.2) is 30.5 Å². The summed E-state index contributed by atoms with van der Waals surface area (Å²) in [7, 11) is 1.98. The lowest BCUT2D eigenvalue weighted by Gasteiger charge is -2.16. The minimum Gasteiger partial charge on any atom is -0.480 e. The van der Waals surface area contributed by atoms with E-state index in [1.165, 1.54) is 0 Å². The van der Waals surface area contributed by atoms with Gasteiger partial charge in [-0.05, 0) is 30.4 Å². The van der Waals surface area contributed by atoms with Crippen LogP contribution in [-0.2, 0) is 23.1 Å². The minimum atomic E-state index is -0.975. The summed E-state index contributed by atoms with van der Waals surface area (Å²) in [6.45, 7) is 3.89. The van der Waals surface area contributed by atoms with Crippen LogP contribution in [0, 0.1) is 5.92 Å². The monoisotopic (exact) mass is 316 g/mol. The first kappa shape index (κ1) is 17.1. The van der Waals surface area contributed by atoms with Gasteiger partial charge in [-0.3, -0.25) is 4.79 Å². The van der Waals surface area contributed by atoms with Crippen molar-refractivity contribution >= 4 is 22.8 Å². The summed E-state index contributed by atoms with van der Waals surface area (Å²) in [6, 6.07) is 7.25. The summed E-state index contributed by atoms with van der Waals surface area (Å²) < 4.78 is 2.04. The van der Waals surface area contributed by atoms with Gasteiger partial charge in [0.1, 0.15) is 6.04 Å². The summed E-state index contributed by atoms with van der Waals surface area (Å²) in [5.41, 5.74) is 2.24. The molecule has 2 rings (SSSR count). The minimum absolute atomic E-state index is 0.217. The maximum absolute atomic E-state index is 12.1. The smallest absolute Gasteiger partial charge is 0.326 e. The summed E-state index contributed by atoms with van der Waals surface area (Å²) in [6.07, 6.45) is 3.35. The fourth-order valence-electron chi connectivity index (χ4n) is 2.83. The summed E-state index contributed by atoms with van der Waals surface area (Å²) in [5.74, 6) is -0.974. The maximum Gasteiger partial charge on any atom is 0.326 e. The van der Waals surface area contributed by atoms with E-state index in [0.717, 1.165) is 16.5 Å². The Hall–Kier alpha value is -2.30. The summed E-state index contributed by atoms with van der Waals surface area (Å²) in [5, 5.41) is 12.9. The highest BCUT2D eigenvalue weighted by molar-refractivity contribution is 5.86. The molecule has 0 spiro atoms. The molecule has 2 aromatic rings. The third kappa shape index (κ3) is 4.34. The zero-order valence-electron chi connectivity index (χ0n) is 13.9. The van der Waals surface area contributed by atoms with E-state index in [4.69, 9.17) is 0 Å². The molecule has 0 saturated carbocycles. The summed E-state index contributed by atoms with van der Waals surface area (Å²) in [4.78, 5) is 23.3. The van der Waals surface area contributed by atoms with Crippen molar-refractivity contribution in [1.82, 2.24) is 9.88 Å². The molecule has 1 aromatic heterocycles. The molecule has 5 heteroatoms. The molecule has 0 unspecified atom stereocenters. The van der Waals surface area contributed by atoms with Crippen LogP contribution in [0.1, 0.15) is 32.3 Å². The number of carboxylic acid groups (broad SMARTS) is 1. The second-order valence-electron chi connectivity index (χ2n) is 6.37. The number of hydrogen-bond acceptors (Lipinski definition) is 2. The topological polar surface area (TPSA) is 71.3 Å². The molecule has 0 aliphatic heterocycles. The van der Waals surface area contributed by atoms with Crippen LogP contribution in [0.3, 0.4) is 0 Å². The van der Waals surface area contributed by atoms with Crippen LogP contribution in [0.2, 0.25) is 0 Å². The van der Waals surface area contributed by atoms with Crippen LogP contribution < -0.4 is 5.32 Å². The molecule has 1 amide bonds. The predicted molar refractivity (Wildman–Crippen MR) is 90.3 cm³/mol. The molecule has 1 atom stereocenters. The van der Waals surface area contributed by atoms with Crippen molar-refractivity contribution in [3.05, 3.63) is 36.0 Å². The number of nitrogens with one attached hydrogen (secondary N) is 1. The Morgan fingerprint density at radius 2 is 1.96 bits per heavy atom. The van der Waals surface area contributed by atoms with E-state index < -0.39 is 12.0 Å². The number of rotatable bonds is 7. The maximum atomic E-state index is 12.1. The Balaban J connectivity index is 1.99. The van der Waals surface area contributed by atoms with Gasteiger partial charge in [0.15, 0.2) is 0 Å². The van der Waals surface area contributed by atoms with Crippen molar-refractivity contribution < 1.29 is 14.7 Å². The van der Waals surface area contributed by atoms with E-state index in [0.29, 0.717) is 12.8 Å². The quantitative estimate of drug-likeness (QED) is 0.825. The van der Waals surface area contributed by atoms with Gasteiger partial charge in [-0.2, -0.15) is 0 Å². The Labute approximate surface area is 136 Å². The zero-order valence-corrected chi connectivity index (χ0v) is 13.9. The van der Waals surface area contributed by atoms with Gasteiger partial charge in [0, 0.05) is 30.6 Å². The normalized spacial score (nSPS) is 12.5. The number of aryl methyl sites for hydroxylation is 2. The Kier molecular flexibility index (Phi) is 5.42. The number of aliphatic carboxylic acids is 1. The fourth-order valence-corrected chi connectivity index (χ4v) is 2.83. The molecule has 124 valence electrons. The molecule has 23 heavy (non-hydrogen) atoms. The molecule has 0 bridgehead atoms. The first-order chi connectivity index (χ1) is 10.9. The lowest BCUT2D eigenvalue weighted by molar-refractivity contribution is -0.142. The third-order valence-corrected chi connectivity index (χ3v) is 3.94. The van der Waals surface area contributed by atoms with E-state index in [9.17, 15) is 14.7 Å². The Morgan fingerprint density at radius 1 is 1.26 bits per heavy atom. The van der Waals surface area contributed by atoms with Crippen molar-refractivity contribution in [2.24, 2.45) is 13.0 Å². The molecule has 0 aliphatic carbocycles. The molecule has 0 fully saturated rings. The van der Waals surface area contributed by atoms with E-state index in [-0.39, 0.29) is 18.2 Å². The Bertz CT molecular complexity index is 703. The highest BCUT2D eigenvalue weighted by Gasteiger charge is 2.21. The number of nitrogens with zero attached hydrogens (tertiary/aromatic N) is 1. The lowest BCUT2D eigenvalue weighted by atomic mass is 10.0. The number of para-hydroxylation sites is 1. The molecule has 2 N–H and O–H groups in total. The van der Waals surface area contributed by atoms with Crippen LogP contribution >= 0.6 is 0 Å². The second kappa shape index (κ2) is 7.31. The van der Waals surface area contributed by atoms with Crippen LogP contribution in [-0.4, -0.2) is 27.6 Å². The largest absolute Gasteiger partial charge is 0.480 e. The van der Waals surface area contributed by atoms with E-state index >= 15 is 0 Å². The highest BCUT2D eigenvalue weighted by Crippen LogP contribution is 2.21. The standard InChI is InChI=1S/C18H24N2O3/c1-12(2)10-15(18(22)23)19-17(21)9-8-13-11-20(3)16-7-5-4-6-14(13)16/h4-7,11-12,15H,8-10H2,1-3H3,(H,19,21)(H,22,23)/t15-/m1/s1. The first-order valence-electron chi connectivity index (χ1n) is 7.93. The fraction of sp³-hybridized carbons (Fsp3) is 0.444. The van der Waals surface area contributed by atoms with Crippen LogP contribution in [0.4, 0.5) is 0 Å². The van der Waals surface area contributed by atoms with Crippen molar-refractivity contribution in [3.63, 3.8) is 0 Å². The first-order valence-corrected chi connectivity index (χ1v) is 7.93. The van der Waals surface area contributed by atoms with E-state index in [1.807, 2.05) is 55.9 Å². The number of aromatic nitrogens is 1. The molecule has 0 saturated heterocycles. The van der Waals surface area contributed by atoms with Gasteiger partial charge >= 0.3 is 5.97 Å².